The van der Waals surface area contributed by atoms with E-state index in [9.17, 15) is 9.90 Å². The van der Waals surface area contributed by atoms with Gasteiger partial charge in [0.2, 0.25) is 0 Å². The molecule has 3 aromatic rings. The molecule has 0 fully saturated rings. The lowest BCUT2D eigenvalue weighted by Crippen LogP contribution is -2.22. The topological polar surface area (TPSA) is 83.3 Å². The maximum Gasteiger partial charge on any atom is 0.280 e. The molecule has 0 saturated heterocycles. The molecule has 2 aromatic carbocycles. The molecule has 0 atom stereocenters. The highest BCUT2D eigenvalue weighted by atomic mass is 79.9. The molecule has 1 amide bonds. The molecule has 8 heteroatoms. The fraction of sp³-hybridized carbons (Fsp3) is 0.105. The van der Waals surface area contributed by atoms with Crippen molar-refractivity contribution in [2.75, 3.05) is 6.61 Å². The molecule has 0 aliphatic rings. The van der Waals surface area contributed by atoms with Crippen molar-refractivity contribution in [3.8, 4) is 5.75 Å². The fourth-order valence-electron chi connectivity index (χ4n) is 2.36. The van der Waals surface area contributed by atoms with Crippen molar-refractivity contribution in [2.24, 2.45) is 10.3 Å². The second kappa shape index (κ2) is 8.79. The molecular weight excluding hydrogens is 430 g/mol. The number of aromatic hydroxyl groups is 1. The number of hydrogen-bond acceptors (Lipinski definition) is 6. The van der Waals surface area contributed by atoms with Crippen LogP contribution in [-0.4, -0.2) is 29.5 Å². The summed E-state index contributed by atoms with van der Waals surface area (Å²) in [7, 11) is 0. The smallest absolute Gasteiger partial charge is 0.280 e. The number of nitrogens with zero attached hydrogens (tertiary/aromatic N) is 2. The standard InChI is InChI=1S/C19H16BrN3O3S/c1-12(17-7-4-8-27-17)23-26-11-18(24)22-21-10-13-9-16(20)14-5-2-3-6-15(14)19(13)25/h2-10,25H,11H2,1H3,(H,22,24). The van der Waals surface area contributed by atoms with Gasteiger partial charge in [0.15, 0.2) is 6.61 Å². The highest BCUT2D eigenvalue weighted by Gasteiger charge is 2.08. The minimum atomic E-state index is -0.451. The first-order valence-electron chi connectivity index (χ1n) is 7.99. The van der Waals surface area contributed by atoms with Crippen LogP contribution in [0.4, 0.5) is 0 Å². The van der Waals surface area contributed by atoms with Crippen LogP contribution in [-0.2, 0) is 9.63 Å². The number of halogens is 1. The SMILES string of the molecule is CC(=NOCC(=O)NN=Cc1cc(Br)c2ccccc2c1O)c1cccs1. The minimum absolute atomic E-state index is 0.0965. The Morgan fingerprint density at radius 1 is 1.30 bits per heavy atom. The van der Waals surface area contributed by atoms with Crippen molar-refractivity contribution in [2.45, 2.75) is 6.92 Å². The van der Waals surface area contributed by atoms with Crippen LogP contribution in [0.5, 0.6) is 5.75 Å². The molecule has 0 unspecified atom stereocenters. The summed E-state index contributed by atoms with van der Waals surface area (Å²) >= 11 is 5.01. The molecule has 1 aromatic heterocycles. The third kappa shape index (κ3) is 4.72. The van der Waals surface area contributed by atoms with Crippen LogP contribution in [0.1, 0.15) is 17.4 Å². The van der Waals surface area contributed by atoms with Crippen LogP contribution in [0.15, 0.2) is 62.6 Å². The average Bonchev–Trinajstić information content (AvgIpc) is 3.20. The number of carbonyl (C=O) groups is 1. The lowest BCUT2D eigenvalue weighted by molar-refractivity contribution is -0.125. The molecule has 3 rings (SSSR count). The zero-order valence-electron chi connectivity index (χ0n) is 14.3. The quantitative estimate of drug-likeness (QED) is 0.439. The van der Waals surface area contributed by atoms with Gasteiger partial charge < -0.3 is 9.94 Å². The predicted molar refractivity (Wildman–Crippen MR) is 112 cm³/mol. The molecule has 0 spiro atoms. The van der Waals surface area contributed by atoms with Crippen molar-refractivity contribution in [3.63, 3.8) is 0 Å². The Bertz CT molecular complexity index is 1020. The monoisotopic (exact) mass is 445 g/mol. The number of fused-ring (bicyclic) bond motifs is 1. The van der Waals surface area contributed by atoms with Gasteiger partial charge >= 0.3 is 0 Å². The largest absolute Gasteiger partial charge is 0.507 e. The molecular formula is C19H16BrN3O3S. The van der Waals surface area contributed by atoms with Crippen LogP contribution in [0, 0.1) is 0 Å². The zero-order valence-corrected chi connectivity index (χ0v) is 16.8. The van der Waals surface area contributed by atoms with Crippen LogP contribution in [0.3, 0.4) is 0 Å². The Morgan fingerprint density at radius 3 is 2.81 bits per heavy atom. The normalized spacial score (nSPS) is 11.9. The van der Waals surface area contributed by atoms with Crippen LogP contribution in [0.25, 0.3) is 10.8 Å². The summed E-state index contributed by atoms with van der Waals surface area (Å²) in [4.78, 5) is 17.8. The Balaban J connectivity index is 1.59. The van der Waals surface area contributed by atoms with E-state index in [2.05, 4.69) is 31.6 Å². The van der Waals surface area contributed by atoms with Crippen LogP contribution < -0.4 is 5.43 Å². The third-order valence-corrected chi connectivity index (χ3v) is 5.30. The summed E-state index contributed by atoms with van der Waals surface area (Å²) < 4.78 is 0.824. The third-order valence-electron chi connectivity index (χ3n) is 3.66. The summed E-state index contributed by atoms with van der Waals surface area (Å²) in [5.41, 5.74) is 3.53. The van der Waals surface area contributed by atoms with E-state index >= 15 is 0 Å². The molecule has 27 heavy (non-hydrogen) atoms. The number of phenolic OH excluding ortho intramolecular Hbond substituents is 1. The molecule has 0 aliphatic heterocycles. The number of phenols is 1. The van der Waals surface area contributed by atoms with Gasteiger partial charge in [0.05, 0.1) is 16.8 Å². The van der Waals surface area contributed by atoms with Crippen LogP contribution in [0.2, 0.25) is 0 Å². The van der Waals surface area contributed by atoms with Crippen molar-refractivity contribution >= 4 is 55.9 Å². The maximum absolute atomic E-state index is 11.8. The summed E-state index contributed by atoms with van der Waals surface area (Å²) in [6, 6.07) is 13.0. The summed E-state index contributed by atoms with van der Waals surface area (Å²) in [6.07, 6.45) is 1.38. The van der Waals surface area contributed by atoms with Gasteiger partial charge in [0, 0.05) is 15.4 Å². The van der Waals surface area contributed by atoms with Gasteiger partial charge in [-0.2, -0.15) is 5.10 Å². The predicted octanol–water partition coefficient (Wildman–Crippen LogP) is 4.26. The highest BCUT2D eigenvalue weighted by molar-refractivity contribution is 9.10. The second-order valence-electron chi connectivity index (χ2n) is 5.56. The van der Waals surface area contributed by atoms with E-state index in [0.29, 0.717) is 16.7 Å². The number of benzene rings is 2. The Morgan fingerprint density at radius 2 is 2.07 bits per heavy atom. The Kier molecular flexibility index (Phi) is 6.20. The average molecular weight is 446 g/mol. The van der Waals surface area contributed by atoms with Crippen molar-refractivity contribution in [1.29, 1.82) is 0 Å². The number of hydrogen-bond donors (Lipinski definition) is 2. The van der Waals surface area contributed by atoms with Gasteiger partial charge in [0.1, 0.15) is 5.75 Å². The van der Waals surface area contributed by atoms with Gasteiger partial charge in [0.25, 0.3) is 5.91 Å². The molecule has 138 valence electrons. The fourth-order valence-corrected chi connectivity index (χ4v) is 3.62. The minimum Gasteiger partial charge on any atom is -0.507 e. The van der Waals surface area contributed by atoms with E-state index in [1.807, 2.05) is 48.7 Å². The first-order chi connectivity index (χ1) is 13.1. The number of nitrogens with one attached hydrogen (secondary N) is 1. The number of hydrazone groups is 1. The lowest BCUT2D eigenvalue weighted by Gasteiger charge is -2.06. The van der Waals surface area contributed by atoms with E-state index in [1.165, 1.54) is 6.21 Å². The van der Waals surface area contributed by atoms with Gasteiger partial charge in [-0.05, 0) is 29.8 Å². The van der Waals surface area contributed by atoms with E-state index in [1.54, 1.807) is 17.4 Å². The zero-order chi connectivity index (χ0) is 19.2. The number of oxime groups is 1. The highest BCUT2D eigenvalue weighted by Crippen LogP contribution is 2.33. The Hall–Kier alpha value is -2.71. The van der Waals surface area contributed by atoms with Crippen molar-refractivity contribution in [3.05, 3.63) is 62.8 Å². The van der Waals surface area contributed by atoms with Gasteiger partial charge in [-0.3, -0.25) is 4.79 Å². The Labute approximate surface area is 168 Å². The van der Waals surface area contributed by atoms with E-state index in [4.69, 9.17) is 4.84 Å². The molecule has 0 aliphatic carbocycles. The first-order valence-corrected chi connectivity index (χ1v) is 9.66. The van der Waals surface area contributed by atoms with E-state index in [0.717, 1.165) is 14.7 Å². The van der Waals surface area contributed by atoms with E-state index in [-0.39, 0.29) is 12.4 Å². The van der Waals surface area contributed by atoms with Crippen molar-refractivity contribution in [1.82, 2.24) is 5.43 Å². The maximum atomic E-state index is 11.8. The number of thiophene rings is 1. The van der Waals surface area contributed by atoms with Crippen LogP contribution >= 0.6 is 27.3 Å². The molecule has 6 nitrogen and oxygen atoms in total. The second-order valence-corrected chi connectivity index (χ2v) is 7.36. The number of carbonyl (C=O) groups excluding carboxylic acids is 1. The molecule has 2 N–H and O–H groups in total. The van der Waals surface area contributed by atoms with Crippen molar-refractivity contribution < 1.29 is 14.7 Å². The van der Waals surface area contributed by atoms with Gasteiger partial charge in [-0.25, -0.2) is 5.43 Å². The summed E-state index contributed by atoms with van der Waals surface area (Å²) in [5.74, 6) is -0.354. The lowest BCUT2D eigenvalue weighted by atomic mass is 10.1. The first kappa shape index (κ1) is 19.1. The molecule has 1 heterocycles. The molecule has 0 bridgehead atoms. The summed E-state index contributed by atoms with van der Waals surface area (Å²) in [5, 5.41) is 21.7. The summed E-state index contributed by atoms with van der Waals surface area (Å²) in [6.45, 7) is 1.55. The molecule has 0 radical (unpaired) electrons. The van der Waals surface area contributed by atoms with E-state index < -0.39 is 5.91 Å². The number of rotatable bonds is 6. The molecule has 0 saturated carbocycles. The number of amides is 1. The van der Waals surface area contributed by atoms with Gasteiger partial charge in [-0.1, -0.05) is 51.4 Å². The van der Waals surface area contributed by atoms with Gasteiger partial charge in [-0.15, -0.1) is 11.3 Å².